The molecule has 0 N–H and O–H groups in total. The zero-order chi connectivity index (χ0) is 14.4. The van der Waals surface area contributed by atoms with Crippen molar-refractivity contribution < 1.29 is 4.74 Å². The van der Waals surface area contributed by atoms with Gasteiger partial charge in [-0.15, -0.1) is 22.9 Å². The van der Waals surface area contributed by atoms with Gasteiger partial charge in [-0.1, -0.05) is 23.2 Å². The lowest BCUT2D eigenvalue weighted by atomic mass is 10.2. The molecule has 108 valence electrons. The van der Waals surface area contributed by atoms with E-state index in [1.807, 2.05) is 11.4 Å². The summed E-state index contributed by atoms with van der Waals surface area (Å²) in [5.74, 6) is 1.23. The minimum Gasteiger partial charge on any atom is -0.494 e. The molecule has 2 aromatic rings. The molecular weight excluding hydrogens is 337 g/mol. The third-order valence-corrected chi connectivity index (χ3v) is 4.65. The van der Waals surface area contributed by atoms with Crippen molar-refractivity contribution in [3.63, 3.8) is 0 Å². The lowest BCUT2D eigenvalue weighted by Gasteiger charge is -2.06. The minimum absolute atomic E-state index is 0.483. The van der Waals surface area contributed by atoms with E-state index in [-0.39, 0.29) is 0 Å². The van der Waals surface area contributed by atoms with E-state index < -0.39 is 0 Å². The number of ether oxygens (including phenoxy) is 1. The first kappa shape index (κ1) is 15.9. The molecule has 0 atom stereocenters. The smallest absolute Gasteiger partial charge is 0.120 e. The van der Waals surface area contributed by atoms with Crippen LogP contribution >= 0.6 is 46.1 Å². The third-order valence-electron chi connectivity index (χ3n) is 2.68. The Labute approximate surface area is 137 Å². The highest BCUT2D eigenvalue weighted by atomic mass is 35.5. The summed E-state index contributed by atoms with van der Waals surface area (Å²) < 4.78 is 5.62. The Morgan fingerprint density at radius 1 is 1.15 bits per heavy atom. The van der Waals surface area contributed by atoms with E-state index in [9.17, 15) is 0 Å². The summed E-state index contributed by atoms with van der Waals surface area (Å²) in [5.41, 5.74) is 0.957. The van der Waals surface area contributed by atoms with Gasteiger partial charge in [-0.2, -0.15) is 0 Å². The summed E-state index contributed by atoms with van der Waals surface area (Å²) in [6.45, 7) is 0.658. The van der Waals surface area contributed by atoms with E-state index in [2.05, 4.69) is 4.98 Å². The minimum atomic E-state index is 0.483. The maximum absolute atomic E-state index is 5.92. The van der Waals surface area contributed by atoms with E-state index in [0.717, 1.165) is 35.7 Å². The van der Waals surface area contributed by atoms with Gasteiger partial charge < -0.3 is 4.74 Å². The maximum Gasteiger partial charge on any atom is 0.120 e. The van der Waals surface area contributed by atoms with Crippen molar-refractivity contribution in [1.29, 1.82) is 0 Å². The first-order chi connectivity index (χ1) is 9.69. The molecule has 20 heavy (non-hydrogen) atoms. The van der Waals surface area contributed by atoms with Crippen LogP contribution in [0.5, 0.6) is 5.75 Å². The number of thiazole rings is 1. The summed E-state index contributed by atoms with van der Waals surface area (Å²) in [4.78, 5) is 4.42. The van der Waals surface area contributed by atoms with Crippen molar-refractivity contribution in [2.24, 2.45) is 0 Å². The van der Waals surface area contributed by atoms with Crippen LogP contribution in [0.1, 0.15) is 23.5 Å². The van der Waals surface area contributed by atoms with Gasteiger partial charge in [0.05, 0.1) is 33.2 Å². The Hall–Kier alpha value is -0.480. The monoisotopic (exact) mass is 349 g/mol. The zero-order valence-electron chi connectivity index (χ0n) is 10.7. The molecule has 1 aromatic heterocycles. The molecule has 0 radical (unpaired) electrons. The Bertz CT molecular complexity index is 559. The van der Waals surface area contributed by atoms with Crippen molar-refractivity contribution in [3.8, 4) is 5.75 Å². The molecule has 0 fully saturated rings. The molecule has 0 aliphatic heterocycles. The second-order valence-electron chi connectivity index (χ2n) is 4.25. The first-order valence-corrected chi connectivity index (χ1v) is 8.43. The third kappa shape index (κ3) is 4.81. The lowest BCUT2D eigenvalue weighted by Crippen LogP contribution is -1.98. The largest absolute Gasteiger partial charge is 0.494 e. The highest BCUT2D eigenvalue weighted by Gasteiger charge is 2.02. The van der Waals surface area contributed by atoms with Gasteiger partial charge in [-0.05, 0) is 31.4 Å². The summed E-state index contributed by atoms with van der Waals surface area (Å²) in [5, 5.41) is 4.20. The summed E-state index contributed by atoms with van der Waals surface area (Å²) in [6.07, 6.45) is 2.97. The van der Waals surface area contributed by atoms with Crippen LogP contribution in [-0.2, 0) is 12.3 Å². The molecule has 0 spiro atoms. The van der Waals surface area contributed by atoms with Gasteiger partial charge in [-0.3, -0.25) is 0 Å². The molecule has 6 heteroatoms. The molecule has 0 saturated heterocycles. The van der Waals surface area contributed by atoms with Gasteiger partial charge in [0.1, 0.15) is 5.75 Å². The number of alkyl halides is 1. The summed E-state index contributed by atoms with van der Waals surface area (Å²) in [6, 6.07) is 5.29. The average molecular weight is 351 g/mol. The van der Waals surface area contributed by atoms with Crippen molar-refractivity contribution in [1.82, 2.24) is 4.98 Å². The van der Waals surface area contributed by atoms with Crippen LogP contribution in [0.2, 0.25) is 10.0 Å². The molecule has 0 amide bonds. The number of aryl methyl sites for hydroxylation is 1. The second-order valence-corrected chi connectivity index (χ2v) is 6.27. The number of unbranched alkanes of at least 4 members (excludes halogenated alkanes) is 1. The van der Waals surface area contributed by atoms with Gasteiger partial charge in [0.2, 0.25) is 0 Å². The Morgan fingerprint density at radius 2 is 2.00 bits per heavy atom. The molecule has 0 aliphatic carbocycles. The molecule has 1 heterocycles. The van der Waals surface area contributed by atoms with E-state index in [0.29, 0.717) is 22.5 Å². The molecule has 0 aliphatic rings. The average Bonchev–Trinajstić information content (AvgIpc) is 2.90. The van der Waals surface area contributed by atoms with Crippen molar-refractivity contribution in [3.05, 3.63) is 44.3 Å². The number of aromatic nitrogens is 1. The number of nitrogens with zero attached hydrogens (tertiary/aromatic N) is 1. The topological polar surface area (TPSA) is 22.1 Å². The quantitative estimate of drug-likeness (QED) is 0.479. The highest BCUT2D eigenvalue weighted by molar-refractivity contribution is 7.09. The van der Waals surface area contributed by atoms with E-state index in [1.54, 1.807) is 23.5 Å². The standard InChI is InChI=1S/C14H14Cl3NOS/c15-8-10-9-20-14(18-10)3-1-2-6-19-11-4-5-12(16)13(17)7-11/h4-5,7,9H,1-3,6,8H2. The second kappa shape index (κ2) is 8.08. The molecule has 1 aromatic carbocycles. The van der Waals surface area contributed by atoms with Crippen LogP contribution in [0.15, 0.2) is 23.6 Å². The van der Waals surface area contributed by atoms with Crippen molar-refractivity contribution in [2.45, 2.75) is 25.1 Å². The Balaban J connectivity index is 1.67. The van der Waals surface area contributed by atoms with E-state index in [1.165, 1.54) is 0 Å². The number of halogens is 3. The normalized spacial score (nSPS) is 10.8. The number of rotatable bonds is 7. The predicted octanol–water partition coefficient (Wildman–Crippen LogP) is 5.59. The number of benzene rings is 1. The molecule has 2 nitrogen and oxygen atoms in total. The van der Waals surface area contributed by atoms with Gasteiger partial charge >= 0.3 is 0 Å². The van der Waals surface area contributed by atoms with Crippen molar-refractivity contribution >= 4 is 46.1 Å². The number of hydrogen-bond acceptors (Lipinski definition) is 3. The van der Waals surface area contributed by atoms with Crippen LogP contribution in [0, 0.1) is 0 Å². The van der Waals surface area contributed by atoms with Crippen LogP contribution in [0.4, 0.5) is 0 Å². The predicted molar refractivity (Wildman–Crippen MR) is 86.6 cm³/mol. The van der Waals surface area contributed by atoms with Crippen LogP contribution in [-0.4, -0.2) is 11.6 Å². The van der Waals surface area contributed by atoms with Crippen LogP contribution < -0.4 is 4.74 Å². The fraction of sp³-hybridized carbons (Fsp3) is 0.357. The Kier molecular flexibility index (Phi) is 6.43. The first-order valence-electron chi connectivity index (χ1n) is 6.26. The van der Waals surface area contributed by atoms with Crippen LogP contribution in [0.3, 0.4) is 0 Å². The van der Waals surface area contributed by atoms with E-state index >= 15 is 0 Å². The summed E-state index contributed by atoms with van der Waals surface area (Å²) >= 11 is 19.1. The Morgan fingerprint density at radius 3 is 2.70 bits per heavy atom. The molecule has 0 unspecified atom stereocenters. The fourth-order valence-electron chi connectivity index (χ4n) is 1.66. The molecule has 0 bridgehead atoms. The van der Waals surface area contributed by atoms with Gasteiger partial charge in [-0.25, -0.2) is 4.98 Å². The van der Waals surface area contributed by atoms with E-state index in [4.69, 9.17) is 39.5 Å². The molecule has 0 saturated carbocycles. The van der Waals surface area contributed by atoms with Crippen LogP contribution in [0.25, 0.3) is 0 Å². The van der Waals surface area contributed by atoms with Gasteiger partial charge in [0, 0.05) is 11.4 Å². The van der Waals surface area contributed by atoms with Gasteiger partial charge in [0.25, 0.3) is 0 Å². The lowest BCUT2D eigenvalue weighted by molar-refractivity contribution is 0.307. The highest BCUT2D eigenvalue weighted by Crippen LogP contribution is 2.26. The zero-order valence-corrected chi connectivity index (χ0v) is 13.8. The summed E-state index contributed by atoms with van der Waals surface area (Å²) in [7, 11) is 0. The molecular formula is C14H14Cl3NOS. The fourth-order valence-corrected chi connectivity index (χ4v) is 3.02. The number of hydrogen-bond donors (Lipinski definition) is 0. The van der Waals surface area contributed by atoms with Gasteiger partial charge in [0.15, 0.2) is 0 Å². The SMILES string of the molecule is ClCc1csc(CCCCOc2ccc(Cl)c(Cl)c2)n1. The maximum atomic E-state index is 5.92. The molecule has 2 rings (SSSR count). The van der Waals surface area contributed by atoms with Crippen molar-refractivity contribution in [2.75, 3.05) is 6.61 Å².